The SMILES string of the molecule is COc1ccc(N2CC(C(=O)NC(CC3CC3)C(=O)O)CC2=O)cc1. The molecule has 3 rings (SSSR count). The molecule has 7 nitrogen and oxygen atoms in total. The fourth-order valence-electron chi connectivity index (χ4n) is 3.09. The number of carbonyl (C=O) groups is 3. The van der Waals surface area contributed by atoms with Crippen molar-refractivity contribution < 1.29 is 24.2 Å². The second-order valence-corrected chi connectivity index (χ2v) is 6.68. The van der Waals surface area contributed by atoms with Gasteiger partial charge in [0.2, 0.25) is 11.8 Å². The minimum absolute atomic E-state index is 0.0909. The van der Waals surface area contributed by atoms with Gasteiger partial charge in [-0.1, -0.05) is 12.8 Å². The molecule has 2 aliphatic rings. The third-order valence-electron chi connectivity index (χ3n) is 4.76. The number of carbonyl (C=O) groups excluding carboxylic acids is 2. The number of rotatable bonds is 7. The maximum Gasteiger partial charge on any atom is 0.326 e. The normalized spacial score (nSPS) is 21.1. The van der Waals surface area contributed by atoms with Crippen molar-refractivity contribution in [1.82, 2.24) is 5.32 Å². The molecule has 1 saturated carbocycles. The van der Waals surface area contributed by atoms with Crippen LogP contribution >= 0.6 is 0 Å². The van der Waals surface area contributed by atoms with Gasteiger partial charge in [-0.05, 0) is 36.6 Å². The van der Waals surface area contributed by atoms with Crippen molar-refractivity contribution in [3.05, 3.63) is 24.3 Å². The Labute approximate surface area is 146 Å². The molecular formula is C18H22N2O5. The summed E-state index contributed by atoms with van der Waals surface area (Å²) >= 11 is 0. The van der Waals surface area contributed by atoms with Crippen molar-refractivity contribution in [2.45, 2.75) is 31.7 Å². The lowest BCUT2D eigenvalue weighted by molar-refractivity contribution is -0.142. The summed E-state index contributed by atoms with van der Waals surface area (Å²) in [4.78, 5) is 37.5. The number of benzene rings is 1. The average molecular weight is 346 g/mol. The number of aliphatic carboxylic acids is 1. The van der Waals surface area contributed by atoms with E-state index in [1.54, 1.807) is 36.3 Å². The lowest BCUT2D eigenvalue weighted by atomic mass is 10.1. The van der Waals surface area contributed by atoms with Gasteiger partial charge in [-0.15, -0.1) is 0 Å². The fourth-order valence-corrected chi connectivity index (χ4v) is 3.09. The predicted octanol–water partition coefficient (Wildman–Crippen LogP) is 1.42. The maximum atomic E-state index is 12.4. The highest BCUT2D eigenvalue weighted by atomic mass is 16.5. The Balaban J connectivity index is 1.62. The van der Waals surface area contributed by atoms with E-state index >= 15 is 0 Å². The number of ether oxygens (including phenoxy) is 1. The van der Waals surface area contributed by atoms with Crippen LogP contribution in [-0.4, -0.2) is 42.6 Å². The Morgan fingerprint density at radius 2 is 2.00 bits per heavy atom. The molecule has 2 fully saturated rings. The summed E-state index contributed by atoms with van der Waals surface area (Å²) in [6.07, 6.45) is 2.59. The summed E-state index contributed by atoms with van der Waals surface area (Å²) in [5.74, 6) is -0.972. The minimum atomic E-state index is -1.02. The van der Waals surface area contributed by atoms with Gasteiger partial charge in [-0.2, -0.15) is 0 Å². The summed E-state index contributed by atoms with van der Waals surface area (Å²) in [5, 5.41) is 11.9. The number of hydrogen-bond donors (Lipinski definition) is 2. The third-order valence-corrected chi connectivity index (χ3v) is 4.76. The van der Waals surface area contributed by atoms with E-state index < -0.39 is 17.9 Å². The first-order chi connectivity index (χ1) is 12.0. The molecule has 134 valence electrons. The van der Waals surface area contributed by atoms with Crippen LogP contribution in [0, 0.1) is 11.8 Å². The largest absolute Gasteiger partial charge is 0.497 e. The topological polar surface area (TPSA) is 95.9 Å². The van der Waals surface area contributed by atoms with Gasteiger partial charge in [0.25, 0.3) is 0 Å². The van der Waals surface area contributed by atoms with Crippen LogP contribution in [0.1, 0.15) is 25.7 Å². The Kier molecular flexibility index (Phi) is 4.92. The molecule has 0 radical (unpaired) electrons. The number of carboxylic acids is 1. The molecule has 25 heavy (non-hydrogen) atoms. The zero-order valence-electron chi connectivity index (χ0n) is 14.1. The van der Waals surface area contributed by atoms with Crippen LogP contribution in [0.25, 0.3) is 0 Å². The van der Waals surface area contributed by atoms with Gasteiger partial charge < -0.3 is 20.1 Å². The van der Waals surface area contributed by atoms with Gasteiger partial charge in [0.15, 0.2) is 0 Å². The Hall–Kier alpha value is -2.57. The molecule has 1 aromatic carbocycles. The standard InChI is InChI=1S/C18H22N2O5/c1-25-14-6-4-13(5-7-14)20-10-12(9-16(20)21)17(22)19-15(18(23)24)8-11-2-3-11/h4-7,11-12,15H,2-3,8-10H2,1H3,(H,19,22)(H,23,24). The van der Waals surface area contributed by atoms with Crippen molar-refractivity contribution >= 4 is 23.5 Å². The van der Waals surface area contributed by atoms with Crippen LogP contribution in [0.2, 0.25) is 0 Å². The molecule has 1 aliphatic heterocycles. The summed E-state index contributed by atoms with van der Waals surface area (Å²) in [6.45, 7) is 0.257. The smallest absolute Gasteiger partial charge is 0.326 e. The molecule has 2 atom stereocenters. The second kappa shape index (κ2) is 7.13. The second-order valence-electron chi connectivity index (χ2n) is 6.68. The van der Waals surface area contributed by atoms with E-state index in [4.69, 9.17) is 4.74 Å². The highest BCUT2D eigenvalue weighted by molar-refractivity contribution is 6.00. The van der Waals surface area contributed by atoms with Crippen LogP contribution in [0.4, 0.5) is 5.69 Å². The van der Waals surface area contributed by atoms with E-state index in [-0.39, 0.29) is 24.8 Å². The number of carboxylic acid groups (broad SMARTS) is 1. The molecule has 0 bridgehead atoms. The quantitative estimate of drug-likeness (QED) is 0.778. The van der Waals surface area contributed by atoms with Crippen molar-refractivity contribution in [2.24, 2.45) is 11.8 Å². The number of methoxy groups -OCH3 is 1. The molecule has 1 heterocycles. The summed E-state index contributed by atoms with van der Waals surface area (Å²) < 4.78 is 5.10. The van der Waals surface area contributed by atoms with Gasteiger partial charge in [-0.3, -0.25) is 9.59 Å². The van der Waals surface area contributed by atoms with Gasteiger partial charge in [0, 0.05) is 18.7 Å². The lowest BCUT2D eigenvalue weighted by Crippen LogP contribution is -2.44. The molecule has 1 aliphatic carbocycles. The van der Waals surface area contributed by atoms with Crippen LogP contribution in [-0.2, 0) is 14.4 Å². The van der Waals surface area contributed by atoms with E-state index in [0.717, 1.165) is 12.8 Å². The Bertz CT molecular complexity index is 669. The average Bonchev–Trinajstić information content (AvgIpc) is 3.33. The molecule has 2 N–H and O–H groups in total. The van der Waals surface area contributed by atoms with Crippen LogP contribution in [0.15, 0.2) is 24.3 Å². The summed E-state index contributed by atoms with van der Waals surface area (Å²) in [6, 6.07) is 6.18. The molecule has 7 heteroatoms. The molecule has 1 saturated heterocycles. The van der Waals surface area contributed by atoms with E-state index in [1.165, 1.54) is 0 Å². The first kappa shape index (κ1) is 17.3. The molecule has 0 spiro atoms. The Morgan fingerprint density at radius 3 is 2.56 bits per heavy atom. The van der Waals surface area contributed by atoms with Crippen molar-refractivity contribution in [3.8, 4) is 5.75 Å². The zero-order chi connectivity index (χ0) is 18.0. The monoisotopic (exact) mass is 346 g/mol. The number of amides is 2. The minimum Gasteiger partial charge on any atom is -0.497 e. The van der Waals surface area contributed by atoms with Crippen LogP contribution in [0.3, 0.4) is 0 Å². The first-order valence-corrected chi connectivity index (χ1v) is 8.45. The first-order valence-electron chi connectivity index (χ1n) is 8.45. The molecule has 0 aromatic heterocycles. The maximum absolute atomic E-state index is 12.4. The number of nitrogens with zero attached hydrogens (tertiary/aromatic N) is 1. The molecular weight excluding hydrogens is 324 g/mol. The van der Waals surface area contributed by atoms with E-state index in [9.17, 15) is 19.5 Å². The van der Waals surface area contributed by atoms with Gasteiger partial charge >= 0.3 is 5.97 Å². The van der Waals surface area contributed by atoms with E-state index in [1.807, 2.05) is 0 Å². The van der Waals surface area contributed by atoms with Crippen LogP contribution in [0.5, 0.6) is 5.75 Å². The van der Waals surface area contributed by atoms with Gasteiger partial charge in [0.1, 0.15) is 11.8 Å². The number of hydrogen-bond acceptors (Lipinski definition) is 4. The third kappa shape index (κ3) is 4.10. The Morgan fingerprint density at radius 1 is 1.32 bits per heavy atom. The fraction of sp³-hybridized carbons (Fsp3) is 0.500. The van der Waals surface area contributed by atoms with Crippen LogP contribution < -0.4 is 15.0 Å². The molecule has 2 amide bonds. The van der Waals surface area contributed by atoms with Crippen molar-refractivity contribution in [1.29, 1.82) is 0 Å². The molecule has 2 unspecified atom stereocenters. The highest BCUT2D eigenvalue weighted by Gasteiger charge is 2.37. The summed E-state index contributed by atoms with van der Waals surface area (Å²) in [5.41, 5.74) is 0.703. The van der Waals surface area contributed by atoms with Crippen molar-refractivity contribution in [2.75, 3.05) is 18.6 Å². The van der Waals surface area contributed by atoms with E-state index in [2.05, 4.69) is 5.32 Å². The number of anilines is 1. The highest BCUT2D eigenvalue weighted by Crippen LogP contribution is 2.34. The lowest BCUT2D eigenvalue weighted by Gasteiger charge is -2.19. The summed E-state index contributed by atoms with van der Waals surface area (Å²) in [7, 11) is 1.57. The van der Waals surface area contributed by atoms with Crippen molar-refractivity contribution in [3.63, 3.8) is 0 Å². The van der Waals surface area contributed by atoms with E-state index in [0.29, 0.717) is 23.8 Å². The van der Waals surface area contributed by atoms with Gasteiger partial charge in [-0.25, -0.2) is 4.79 Å². The molecule has 1 aromatic rings. The zero-order valence-corrected chi connectivity index (χ0v) is 14.1. The number of nitrogens with one attached hydrogen (secondary N) is 1. The predicted molar refractivity (Wildman–Crippen MR) is 90.4 cm³/mol. The van der Waals surface area contributed by atoms with Gasteiger partial charge in [0.05, 0.1) is 13.0 Å².